The standard InChI is InChI=1S/C20H22N4O3S2/c1-13-14(2)22-18-12-15(5-6-17(18)21-13)20(25)24-9-7-16(8-10-24)23-29(26,27)19-4-3-11-28-19/h3-6,11-12,16,23H,7-10H2,1-2H3. The third-order valence-electron chi connectivity index (χ3n) is 5.19. The van der Waals surface area contributed by atoms with E-state index in [1.807, 2.05) is 19.9 Å². The SMILES string of the molecule is Cc1nc2ccc(C(=O)N3CCC(NS(=O)(=O)c4cccs4)CC3)cc2nc1C. The first-order chi connectivity index (χ1) is 13.8. The lowest BCUT2D eigenvalue weighted by molar-refractivity contribution is 0.0711. The van der Waals surface area contributed by atoms with Crippen molar-refractivity contribution < 1.29 is 13.2 Å². The average Bonchev–Trinajstić information content (AvgIpc) is 3.24. The van der Waals surface area contributed by atoms with Crippen LogP contribution >= 0.6 is 11.3 Å². The normalized spacial score (nSPS) is 15.7. The van der Waals surface area contributed by atoms with Gasteiger partial charge >= 0.3 is 0 Å². The summed E-state index contributed by atoms with van der Waals surface area (Å²) in [6, 6.07) is 8.53. The molecule has 9 heteroatoms. The molecule has 3 heterocycles. The molecular formula is C20H22N4O3S2. The molecule has 0 radical (unpaired) electrons. The molecule has 1 saturated heterocycles. The van der Waals surface area contributed by atoms with E-state index < -0.39 is 10.0 Å². The van der Waals surface area contributed by atoms with Gasteiger partial charge in [0.25, 0.3) is 5.91 Å². The largest absolute Gasteiger partial charge is 0.339 e. The molecule has 1 aliphatic rings. The molecule has 1 amide bonds. The van der Waals surface area contributed by atoms with Gasteiger partial charge in [0.15, 0.2) is 0 Å². The summed E-state index contributed by atoms with van der Waals surface area (Å²) in [5, 5.41) is 1.74. The van der Waals surface area contributed by atoms with Gasteiger partial charge in [0.05, 0.1) is 22.4 Å². The van der Waals surface area contributed by atoms with E-state index in [4.69, 9.17) is 0 Å². The number of aryl methyl sites for hydroxylation is 2. The lowest BCUT2D eigenvalue weighted by Gasteiger charge is -2.32. The number of likely N-dealkylation sites (tertiary alicyclic amines) is 1. The third-order valence-corrected chi connectivity index (χ3v) is 8.10. The molecule has 7 nitrogen and oxygen atoms in total. The van der Waals surface area contributed by atoms with Crippen LogP contribution in [0.15, 0.2) is 39.9 Å². The quantitative estimate of drug-likeness (QED) is 0.687. The van der Waals surface area contributed by atoms with Gasteiger partial charge in [0.2, 0.25) is 10.0 Å². The predicted molar refractivity (Wildman–Crippen MR) is 113 cm³/mol. The van der Waals surface area contributed by atoms with Crippen LogP contribution in [0.1, 0.15) is 34.6 Å². The molecule has 0 bridgehead atoms. The van der Waals surface area contributed by atoms with E-state index in [0.29, 0.717) is 41.2 Å². The summed E-state index contributed by atoms with van der Waals surface area (Å²) in [6.07, 6.45) is 1.17. The van der Waals surface area contributed by atoms with Crippen LogP contribution in [0.25, 0.3) is 11.0 Å². The van der Waals surface area contributed by atoms with Gasteiger partial charge in [-0.05, 0) is 56.3 Å². The number of nitrogens with one attached hydrogen (secondary N) is 1. The highest BCUT2D eigenvalue weighted by molar-refractivity contribution is 7.91. The van der Waals surface area contributed by atoms with Gasteiger partial charge < -0.3 is 4.90 Å². The van der Waals surface area contributed by atoms with Crippen molar-refractivity contribution in [3.8, 4) is 0 Å². The van der Waals surface area contributed by atoms with E-state index in [9.17, 15) is 13.2 Å². The summed E-state index contributed by atoms with van der Waals surface area (Å²) in [4.78, 5) is 23.7. The van der Waals surface area contributed by atoms with Crippen LogP contribution in [0.3, 0.4) is 0 Å². The molecule has 29 heavy (non-hydrogen) atoms. The molecule has 0 unspecified atom stereocenters. The minimum atomic E-state index is -3.49. The van der Waals surface area contributed by atoms with Gasteiger partial charge in [-0.15, -0.1) is 11.3 Å². The molecule has 4 rings (SSSR count). The lowest BCUT2D eigenvalue weighted by Crippen LogP contribution is -2.46. The molecular weight excluding hydrogens is 408 g/mol. The Morgan fingerprint density at radius 1 is 1.10 bits per heavy atom. The Hall–Kier alpha value is -2.36. The van der Waals surface area contributed by atoms with Crippen molar-refractivity contribution in [2.45, 2.75) is 36.9 Å². The fourth-order valence-electron chi connectivity index (χ4n) is 3.44. The zero-order valence-corrected chi connectivity index (χ0v) is 17.9. The summed E-state index contributed by atoms with van der Waals surface area (Å²) < 4.78 is 27.8. The van der Waals surface area contributed by atoms with Crippen molar-refractivity contribution in [2.75, 3.05) is 13.1 Å². The van der Waals surface area contributed by atoms with Crippen LogP contribution in [0.4, 0.5) is 0 Å². The number of benzene rings is 1. The first-order valence-corrected chi connectivity index (χ1v) is 11.8. The number of carbonyl (C=O) groups is 1. The van der Waals surface area contributed by atoms with Crippen molar-refractivity contribution in [3.63, 3.8) is 0 Å². The topological polar surface area (TPSA) is 92.3 Å². The number of rotatable bonds is 4. The smallest absolute Gasteiger partial charge is 0.253 e. The Morgan fingerprint density at radius 2 is 1.79 bits per heavy atom. The van der Waals surface area contributed by atoms with Crippen LogP contribution in [-0.2, 0) is 10.0 Å². The molecule has 1 fully saturated rings. The minimum Gasteiger partial charge on any atom is -0.339 e. The van der Waals surface area contributed by atoms with Crippen LogP contribution in [0.5, 0.6) is 0 Å². The van der Waals surface area contributed by atoms with Gasteiger partial charge in [0, 0.05) is 24.7 Å². The molecule has 152 valence electrons. The summed E-state index contributed by atoms with van der Waals surface area (Å²) in [7, 11) is -3.49. The fourth-order valence-corrected chi connectivity index (χ4v) is 5.76. The van der Waals surface area contributed by atoms with Gasteiger partial charge in [-0.1, -0.05) is 6.07 Å². The number of carbonyl (C=O) groups excluding carboxylic acids is 1. The van der Waals surface area contributed by atoms with E-state index >= 15 is 0 Å². The maximum atomic E-state index is 12.9. The molecule has 0 spiro atoms. The van der Waals surface area contributed by atoms with Gasteiger partial charge in [0.1, 0.15) is 4.21 Å². The second-order valence-corrected chi connectivity index (χ2v) is 10.1. The van der Waals surface area contributed by atoms with Crippen molar-refractivity contribution in [2.24, 2.45) is 0 Å². The molecule has 0 saturated carbocycles. The maximum Gasteiger partial charge on any atom is 0.253 e. The molecule has 3 aromatic rings. The average molecular weight is 431 g/mol. The maximum absolute atomic E-state index is 12.9. The van der Waals surface area contributed by atoms with Gasteiger partial charge in [-0.2, -0.15) is 0 Å². The van der Waals surface area contributed by atoms with E-state index in [-0.39, 0.29) is 11.9 Å². The highest BCUT2D eigenvalue weighted by Crippen LogP contribution is 2.21. The second kappa shape index (κ2) is 7.81. The number of piperidine rings is 1. The fraction of sp³-hybridized carbons (Fsp3) is 0.350. The first-order valence-electron chi connectivity index (χ1n) is 9.43. The predicted octanol–water partition coefficient (Wildman–Crippen LogP) is 2.89. The van der Waals surface area contributed by atoms with E-state index in [1.54, 1.807) is 34.5 Å². The van der Waals surface area contributed by atoms with Crippen LogP contribution < -0.4 is 4.72 Å². The molecule has 1 N–H and O–H groups in total. The summed E-state index contributed by atoms with van der Waals surface area (Å²) in [6.45, 7) is 4.83. The molecule has 2 aromatic heterocycles. The minimum absolute atomic E-state index is 0.0634. The van der Waals surface area contributed by atoms with E-state index in [2.05, 4.69) is 14.7 Å². The van der Waals surface area contributed by atoms with Crippen LogP contribution in [0, 0.1) is 13.8 Å². The van der Waals surface area contributed by atoms with Crippen molar-refractivity contribution in [3.05, 3.63) is 52.7 Å². The van der Waals surface area contributed by atoms with Gasteiger partial charge in [-0.3, -0.25) is 4.79 Å². The molecule has 1 aromatic carbocycles. The van der Waals surface area contributed by atoms with Gasteiger partial charge in [-0.25, -0.2) is 23.1 Å². The zero-order chi connectivity index (χ0) is 20.6. The summed E-state index contributed by atoms with van der Waals surface area (Å²) >= 11 is 1.20. The second-order valence-electron chi connectivity index (χ2n) is 7.22. The van der Waals surface area contributed by atoms with Crippen molar-refractivity contribution >= 4 is 38.3 Å². The Labute approximate surface area is 173 Å². The number of sulfonamides is 1. The molecule has 0 aliphatic carbocycles. The number of thiophene rings is 1. The number of fused-ring (bicyclic) bond motifs is 1. The van der Waals surface area contributed by atoms with Crippen molar-refractivity contribution in [1.29, 1.82) is 0 Å². The number of aromatic nitrogens is 2. The highest BCUT2D eigenvalue weighted by atomic mass is 32.2. The van der Waals surface area contributed by atoms with Crippen LogP contribution in [0.2, 0.25) is 0 Å². The Bertz CT molecular complexity index is 1150. The first kappa shape index (κ1) is 19.9. The third kappa shape index (κ3) is 4.17. The molecule has 1 aliphatic heterocycles. The number of hydrogen-bond donors (Lipinski definition) is 1. The lowest BCUT2D eigenvalue weighted by atomic mass is 10.0. The van der Waals surface area contributed by atoms with Crippen LogP contribution in [-0.4, -0.2) is 48.3 Å². The monoisotopic (exact) mass is 430 g/mol. The Kier molecular flexibility index (Phi) is 5.37. The zero-order valence-electron chi connectivity index (χ0n) is 16.3. The number of amides is 1. The highest BCUT2D eigenvalue weighted by Gasteiger charge is 2.27. The number of nitrogens with zero attached hydrogens (tertiary/aromatic N) is 3. The van der Waals surface area contributed by atoms with E-state index in [1.165, 1.54) is 11.3 Å². The Morgan fingerprint density at radius 3 is 2.45 bits per heavy atom. The molecule has 0 atom stereocenters. The summed E-state index contributed by atoms with van der Waals surface area (Å²) in [5.74, 6) is -0.0634. The van der Waals surface area contributed by atoms with E-state index in [0.717, 1.165) is 16.9 Å². The van der Waals surface area contributed by atoms with Crippen molar-refractivity contribution in [1.82, 2.24) is 19.6 Å². The number of hydrogen-bond acceptors (Lipinski definition) is 6. The summed E-state index contributed by atoms with van der Waals surface area (Å²) in [5.41, 5.74) is 3.78. The Balaban J connectivity index is 1.42.